The van der Waals surface area contributed by atoms with Crippen LogP contribution < -0.4 is 4.90 Å². The Morgan fingerprint density at radius 3 is 1.64 bits per heavy atom. The Bertz CT molecular complexity index is 3020. The van der Waals surface area contributed by atoms with Crippen LogP contribution in [0.15, 0.2) is 194 Å². The number of para-hydroxylation sites is 2. The van der Waals surface area contributed by atoms with Crippen LogP contribution in [0.25, 0.3) is 61.2 Å². The Morgan fingerprint density at radius 2 is 0.914 bits per heavy atom. The molecule has 0 N–H and O–H groups in total. The Kier molecular flexibility index (Phi) is 7.59. The SMILES string of the molecule is CC1(C)c2ccccc2-c2ccc(N(c3ccc(-c4ccccc4)cc3)c3ccc(-c4ccc5c(c4)-c4c(c6ccccc6n4-c4ccccc4)C5(C)C)cc3)cc21. The van der Waals surface area contributed by atoms with Gasteiger partial charge in [-0.25, -0.2) is 0 Å². The maximum absolute atomic E-state index is 2.47. The molecule has 0 fully saturated rings. The van der Waals surface area contributed by atoms with E-state index in [1.165, 1.54) is 83.5 Å². The second kappa shape index (κ2) is 12.8. The van der Waals surface area contributed by atoms with Gasteiger partial charge in [0.25, 0.3) is 0 Å². The quantitative estimate of drug-likeness (QED) is 0.165. The van der Waals surface area contributed by atoms with Crippen molar-refractivity contribution in [3.63, 3.8) is 0 Å². The van der Waals surface area contributed by atoms with E-state index >= 15 is 0 Å². The second-order valence-electron chi connectivity index (χ2n) is 17.0. The number of hydrogen-bond acceptors (Lipinski definition) is 1. The average molecular weight is 745 g/mol. The van der Waals surface area contributed by atoms with Gasteiger partial charge in [0.05, 0.1) is 11.2 Å². The third-order valence-corrected chi connectivity index (χ3v) is 13.0. The summed E-state index contributed by atoms with van der Waals surface area (Å²) in [7, 11) is 0. The monoisotopic (exact) mass is 744 g/mol. The summed E-state index contributed by atoms with van der Waals surface area (Å²) in [6.07, 6.45) is 0. The number of nitrogens with zero attached hydrogens (tertiary/aromatic N) is 2. The third kappa shape index (κ3) is 5.11. The van der Waals surface area contributed by atoms with Gasteiger partial charge in [0.15, 0.2) is 0 Å². The fraction of sp³-hybridized carbons (Fsp3) is 0.107. The summed E-state index contributed by atoms with van der Waals surface area (Å²) in [6.45, 7) is 9.48. The van der Waals surface area contributed by atoms with Gasteiger partial charge in [0.2, 0.25) is 0 Å². The molecule has 0 spiro atoms. The van der Waals surface area contributed by atoms with Crippen molar-refractivity contribution in [1.82, 2.24) is 4.57 Å². The van der Waals surface area contributed by atoms with Crippen molar-refractivity contribution in [3.8, 4) is 50.3 Å². The van der Waals surface area contributed by atoms with Gasteiger partial charge >= 0.3 is 0 Å². The largest absolute Gasteiger partial charge is 0.310 e. The maximum atomic E-state index is 2.47. The first kappa shape index (κ1) is 34.4. The molecule has 11 rings (SSSR count). The van der Waals surface area contributed by atoms with Crippen LogP contribution in [-0.4, -0.2) is 4.57 Å². The van der Waals surface area contributed by atoms with E-state index in [9.17, 15) is 0 Å². The average Bonchev–Trinajstić information content (AvgIpc) is 3.83. The molecule has 58 heavy (non-hydrogen) atoms. The molecule has 0 aliphatic heterocycles. The first-order valence-corrected chi connectivity index (χ1v) is 20.4. The zero-order chi connectivity index (χ0) is 39.2. The van der Waals surface area contributed by atoms with Gasteiger partial charge < -0.3 is 9.47 Å². The highest BCUT2D eigenvalue weighted by atomic mass is 15.1. The smallest absolute Gasteiger partial charge is 0.0585 e. The predicted octanol–water partition coefficient (Wildman–Crippen LogP) is 15.0. The summed E-state index contributed by atoms with van der Waals surface area (Å²) in [5, 5.41) is 1.32. The van der Waals surface area contributed by atoms with Crippen molar-refractivity contribution in [3.05, 3.63) is 216 Å². The second-order valence-corrected chi connectivity index (χ2v) is 17.0. The lowest BCUT2D eigenvalue weighted by molar-refractivity contribution is 0.660. The summed E-state index contributed by atoms with van der Waals surface area (Å²) in [5.74, 6) is 0. The zero-order valence-corrected chi connectivity index (χ0v) is 33.4. The van der Waals surface area contributed by atoms with Gasteiger partial charge in [0.1, 0.15) is 0 Å². The van der Waals surface area contributed by atoms with Crippen LogP contribution in [0, 0.1) is 0 Å². The Morgan fingerprint density at radius 1 is 0.379 bits per heavy atom. The van der Waals surface area contributed by atoms with Crippen molar-refractivity contribution in [2.45, 2.75) is 38.5 Å². The van der Waals surface area contributed by atoms with E-state index in [4.69, 9.17) is 0 Å². The zero-order valence-electron chi connectivity index (χ0n) is 33.4. The summed E-state index contributed by atoms with van der Waals surface area (Å²) in [4.78, 5) is 2.41. The normalized spacial score (nSPS) is 14.1. The predicted molar refractivity (Wildman–Crippen MR) is 244 cm³/mol. The van der Waals surface area contributed by atoms with Crippen LogP contribution >= 0.6 is 0 Å². The van der Waals surface area contributed by atoms with Crippen LogP contribution in [-0.2, 0) is 10.8 Å². The summed E-state index contributed by atoms with van der Waals surface area (Å²) in [6, 6.07) is 71.5. The van der Waals surface area contributed by atoms with E-state index in [2.05, 4.69) is 231 Å². The fourth-order valence-corrected chi connectivity index (χ4v) is 10.1. The standard InChI is InChI=1S/C56H44N2/c1-55(2)49-21-13-11-19-45(49)46-33-32-44(36-51(46)55)57(42-28-23-38(24-29-42)37-15-7-5-8-16-37)43-30-25-39(26-31-43)40-27-34-50-48(35-40)54-53(56(50,3)4)47-20-12-14-22-52(47)58(54)41-17-9-6-10-18-41/h5-36H,1-4H3. The van der Waals surface area contributed by atoms with Crippen molar-refractivity contribution in [2.24, 2.45) is 0 Å². The lowest BCUT2D eigenvalue weighted by Gasteiger charge is -2.28. The number of hydrogen-bond donors (Lipinski definition) is 0. The lowest BCUT2D eigenvalue weighted by Crippen LogP contribution is -2.16. The molecule has 0 bridgehead atoms. The summed E-state index contributed by atoms with van der Waals surface area (Å²) < 4.78 is 2.47. The number of rotatable bonds is 6. The number of benzene rings is 8. The van der Waals surface area contributed by atoms with Gasteiger partial charge in [-0.15, -0.1) is 0 Å². The topological polar surface area (TPSA) is 8.17 Å². The van der Waals surface area contributed by atoms with Crippen LogP contribution in [0.5, 0.6) is 0 Å². The van der Waals surface area contributed by atoms with Gasteiger partial charge in [-0.2, -0.15) is 0 Å². The van der Waals surface area contributed by atoms with Crippen LogP contribution in [0.3, 0.4) is 0 Å². The lowest BCUT2D eigenvalue weighted by atomic mass is 9.81. The molecular formula is C56H44N2. The molecule has 278 valence electrons. The molecule has 8 aromatic carbocycles. The first-order chi connectivity index (χ1) is 28.3. The van der Waals surface area contributed by atoms with Gasteiger partial charge in [-0.3, -0.25) is 0 Å². The summed E-state index contributed by atoms with van der Waals surface area (Å²) in [5.41, 5.74) is 21.3. The highest BCUT2D eigenvalue weighted by molar-refractivity contribution is 6.00. The molecule has 2 aliphatic carbocycles. The molecule has 0 radical (unpaired) electrons. The molecule has 1 heterocycles. The number of fused-ring (bicyclic) bond motifs is 8. The Labute approximate surface area is 341 Å². The summed E-state index contributed by atoms with van der Waals surface area (Å²) >= 11 is 0. The number of aromatic nitrogens is 1. The van der Waals surface area contributed by atoms with E-state index in [1.807, 2.05) is 0 Å². The highest BCUT2D eigenvalue weighted by Gasteiger charge is 2.41. The van der Waals surface area contributed by atoms with E-state index in [1.54, 1.807) is 0 Å². The minimum atomic E-state index is -0.130. The fourth-order valence-electron chi connectivity index (χ4n) is 10.1. The third-order valence-electron chi connectivity index (χ3n) is 13.0. The van der Waals surface area contributed by atoms with Crippen LogP contribution in [0.2, 0.25) is 0 Å². The van der Waals surface area contributed by atoms with Crippen molar-refractivity contribution >= 4 is 28.0 Å². The molecule has 9 aromatic rings. The van der Waals surface area contributed by atoms with E-state index in [0.717, 1.165) is 17.1 Å². The van der Waals surface area contributed by atoms with Gasteiger partial charge in [0, 0.05) is 44.5 Å². The molecular weight excluding hydrogens is 701 g/mol. The molecule has 0 saturated heterocycles. The molecule has 2 nitrogen and oxygen atoms in total. The molecule has 0 unspecified atom stereocenters. The van der Waals surface area contributed by atoms with Crippen LogP contribution in [0.1, 0.15) is 49.9 Å². The molecule has 0 atom stereocenters. The highest BCUT2D eigenvalue weighted by Crippen LogP contribution is 2.55. The van der Waals surface area contributed by atoms with Crippen molar-refractivity contribution < 1.29 is 0 Å². The minimum Gasteiger partial charge on any atom is -0.310 e. The Balaban J connectivity index is 1.02. The van der Waals surface area contributed by atoms with Crippen molar-refractivity contribution in [1.29, 1.82) is 0 Å². The minimum absolute atomic E-state index is 0.0944. The van der Waals surface area contributed by atoms with Gasteiger partial charge in [-0.1, -0.05) is 161 Å². The van der Waals surface area contributed by atoms with E-state index in [0.29, 0.717) is 0 Å². The van der Waals surface area contributed by atoms with E-state index in [-0.39, 0.29) is 10.8 Å². The molecule has 2 heteroatoms. The first-order valence-electron chi connectivity index (χ1n) is 20.4. The van der Waals surface area contributed by atoms with E-state index < -0.39 is 0 Å². The van der Waals surface area contributed by atoms with Crippen molar-refractivity contribution in [2.75, 3.05) is 4.90 Å². The molecule has 0 amide bonds. The maximum Gasteiger partial charge on any atom is 0.0585 e. The van der Waals surface area contributed by atoms with Gasteiger partial charge in [-0.05, 0) is 116 Å². The Hall–Kier alpha value is -6.90. The molecule has 2 aliphatic rings. The van der Waals surface area contributed by atoms with Crippen LogP contribution in [0.4, 0.5) is 17.1 Å². The number of anilines is 3. The molecule has 1 aromatic heterocycles. The molecule has 0 saturated carbocycles.